The summed E-state index contributed by atoms with van der Waals surface area (Å²) in [6, 6.07) is 4.21. The van der Waals surface area contributed by atoms with E-state index in [0.29, 0.717) is 13.2 Å². The van der Waals surface area contributed by atoms with Crippen LogP contribution in [-0.2, 0) is 13.0 Å². The minimum Gasteiger partial charge on any atom is -0.494 e. The molecule has 2 N–H and O–H groups in total. The Morgan fingerprint density at radius 2 is 2.32 bits per heavy atom. The lowest BCUT2D eigenvalue weighted by Crippen LogP contribution is -2.28. The summed E-state index contributed by atoms with van der Waals surface area (Å²) in [5.41, 5.74) is 2.30. The van der Waals surface area contributed by atoms with Gasteiger partial charge in [0.15, 0.2) is 0 Å². The summed E-state index contributed by atoms with van der Waals surface area (Å²) >= 11 is 0. The normalized spacial score (nSPS) is 18.8. The maximum Gasteiger partial charge on any atom is 0.124 e. The van der Waals surface area contributed by atoms with Gasteiger partial charge in [0.1, 0.15) is 17.6 Å². The minimum atomic E-state index is 0.0718. The van der Waals surface area contributed by atoms with Crippen LogP contribution in [0.3, 0.4) is 0 Å². The van der Waals surface area contributed by atoms with Crippen molar-refractivity contribution >= 4 is 0 Å². The lowest BCUT2D eigenvalue weighted by atomic mass is 10.1. The van der Waals surface area contributed by atoms with E-state index in [-0.39, 0.29) is 18.8 Å². The van der Waals surface area contributed by atoms with Crippen LogP contribution in [0, 0.1) is 0 Å². The molecule has 0 spiro atoms. The molecule has 1 aliphatic rings. The van der Waals surface area contributed by atoms with Crippen LogP contribution >= 0.6 is 0 Å². The highest BCUT2D eigenvalue weighted by Gasteiger charge is 2.21. The molecule has 1 heterocycles. The molecule has 1 aromatic rings. The van der Waals surface area contributed by atoms with Crippen molar-refractivity contribution in [1.29, 1.82) is 0 Å². The van der Waals surface area contributed by atoms with Gasteiger partial charge < -0.3 is 19.9 Å². The van der Waals surface area contributed by atoms with E-state index in [1.165, 1.54) is 5.56 Å². The van der Waals surface area contributed by atoms with Crippen LogP contribution in [0.4, 0.5) is 0 Å². The highest BCUT2D eigenvalue weighted by molar-refractivity contribution is 5.48. The third-order valence-electron chi connectivity index (χ3n) is 3.29. The molecule has 0 aliphatic carbocycles. The maximum absolute atomic E-state index is 9.06. The van der Waals surface area contributed by atoms with Crippen LogP contribution in [0.2, 0.25) is 0 Å². The first-order valence-electron chi connectivity index (χ1n) is 6.93. The predicted octanol–water partition coefficient (Wildman–Crippen LogP) is 1.88. The average Bonchev–Trinajstić information content (AvgIpc) is 2.75. The molecule has 0 radical (unpaired) electrons. The molecular weight excluding hydrogens is 242 g/mol. The first-order chi connectivity index (χ1) is 9.13. The number of aliphatic hydroxyl groups excluding tert-OH is 1. The number of hydrogen-bond acceptors (Lipinski definition) is 4. The largest absolute Gasteiger partial charge is 0.494 e. The Balaban J connectivity index is 2.18. The summed E-state index contributed by atoms with van der Waals surface area (Å²) in [5.74, 6) is 1.88. The van der Waals surface area contributed by atoms with E-state index in [0.717, 1.165) is 23.5 Å². The Morgan fingerprint density at radius 3 is 3.00 bits per heavy atom. The first-order valence-corrected chi connectivity index (χ1v) is 6.93. The molecule has 4 nitrogen and oxygen atoms in total. The third-order valence-corrected chi connectivity index (χ3v) is 3.29. The van der Waals surface area contributed by atoms with Crippen LogP contribution in [0.1, 0.15) is 31.9 Å². The van der Waals surface area contributed by atoms with Crippen molar-refractivity contribution in [3.63, 3.8) is 0 Å². The lowest BCUT2D eigenvalue weighted by Gasteiger charge is -2.15. The van der Waals surface area contributed by atoms with Crippen LogP contribution in [0.25, 0.3) is 0 Å². The van der Waals surface area contributed by atoms with Gasteiger partial charge in [0, 0.05) is 30.1 Å². The molecular formula is C15H23NO3. The van der Waals surface area contributed by atoms with Gasteiger partial charge in [-0.3, -0.25) is 0 Å². The second kappa shape index (κ2) is 6.26. The fourth-order valence-electron chi connectivity index (χ4n) is 2.26. The number of hydrogen-bond donors (Lipinski definition) is 2. The van der Waals surface area contributed by atoms with Crippen molar-refractivity contribution in [3.8, 4) is 11.5 Å². The molecule has 0 aromatic heterocycles. The van der Waals surface area contributed by atoms with Gasteiger partial charge in [0.2, 0.25) is 0 Å². The van der Waals surface area contributed by atoms with E-state index in [1.54, 1.807) is 0 Å². The summed E-state index contributed by atoms with van der Waals surface area (Å²) in [7, 11) is 0. The highest BCUT2D eigenvalue weighted by Crippen LogP contribution is 2.35. The molecule has 2 rings (SSSR count). The quantitative estimate of drug-likeness (QED) is 0.824. The second-order valence-corrected chi connectivity index (χ2v) is 5.10. The van der Waals surface area contributed by atoms with E-state index in [2.05, 4.69) is 24.4 Å². The average molecular weight is 265 g/mol. The predicted molar refractivity (Wildman–Crippen MR) is 74.8 cm³/mol. The summed E-state index contributed by atoms with van der Waals surface area (Å²) in [6.45, 7) is 7.46. The van der Waals surface area contributed by atoms with Crippen molar-refractivity contribution in [2.75, 3.05) is 13.2 Å². The number of ether oxygens (including phenoxy) is 2. The SMILES string of the molecule is CCOc1cc2c(cc1CN[C@@H](C)CO)O[C@H](C)C2. The summed E-state index contributed by atoms with van der Waals surface area (Å²) in [5, 5.41) is 12.3. The molecule has 0 fully saturated rings. The minimum absolute atomic E-state index is 0.0718. The van der Waals surface area contributed by atoms with Crippen LogP contribution in [0.5, 0.6) is 11.5 Å². The summed E-state index contributed by atoms with van der Waals surface area (Å²) < 4.78 is 11.5. The zero-order chi connectivity index (χ0) is 13.8. The standard InChI is InChI=1S/C15H23NO3/c1-4-18-14-6-12-5-11(3)19-15(12)7-13(14)8-16-10(2)9-17/h6-7,10-11,16-17H,4-5,8-9H2,1-3H3/t10-,11+/m0/s1. The topological polar surface area (TPSA) is 50.7 Å². The van der Waals surface area contributed by atoms with Crippen molar-refractivity contribution in [3.05, 3.63) is 23.3 Å². The molecule has 0 bridgehead atoms. The van der Waals surface area contributed by atoms with Gasteiger partial charge in [0.25, 0.3) is 0 Å². The smallest absolute Gasteiger partial charge is 0.124 e. The Hall–Kier alpha value is -1.26. The molecule has 1 aliphatic heterocycles. The summed E-state index contributed by atoms with van der Waals surface area (Å²) in [6.07, 6.45) is 1.18. The molecule has 106 valence electrons. The Bertz CT molecular complexity index is 434. The molecule has 0 unspecified atom stereocenters. The maximum atomic E-state index is 9.06. The lowest BCUT2D eigenvalue weighted by molar-refractivity contribution is 0.249. The van der Waals surface area contributed by atoms with Crippen molar-refractivity contribution in [2.24, 2.45) is 0 Å². The third kappa shape index (κ3) is 3.39. The molecule has 19 heavy (non-hydrogen) atoms. The second-order valence-electron chi connectivity index (χ2n) is 5.10. The van der Waals surface area contributed by atoms with Crippen molar-refractivity contribution in [2.45, 2.75) is 45.9 Å². The van der Waals surface area contributed by atoms with Gasteiger partial charge in [-0.1, -0.05) is 0 Å². The van der Waals surface area contributed by atoms with Crippen LogP contribution in [-0.4, -0.2) is 30.5 Å². The molecule has 4 heteroatoms. The molecule has 1 aromatic carbocycles. The van der Waals surface area contributed by atoms with E-state index in [9.17, 15) is 0 Å². The number of rotatable bonds is 6. The van der Waals surface area contributed by atoms with E-state index >= 15 is 0 Å². The molecule has 0 amide bonds. The van der Waals surface area contributed by atoms with Gasteiger partial charge >= 0.3 is 0 Å². The fourth-order valence-corrected chi connectivity index (χ4v) is 2.26. The number of fused-ring (bicyclic) bond motifs is 1. The number of benzene rings is 1. The molecule has 2 atom stereocenters. The van der Waals surface area contributed by atoms with E-state index in [1.807, 2.05) is 13.8 Å². The Kier molecular flexibility index (Phi) is 4.66. The van der Waals surface area contributed by atoms with Gasteiger partial charge in [-0.25, -0.2) is 0 Å². The zero-order valence-electron chi connectivity index (χ0n) is 11.9. The highest BCUT2D eigenvalue weighted by atomic mass is 16.5. The van der Waals surface area contributed by atoms with Gasteiger partial charge in [-0.15, -0.1) is 0 Å². The van der Waals surface area contributed by atoms with Gasteiger partial charge in [-0.2, -0.15) is 0 Å². The molecule has 0 saturated carbocycles. The van der Waals surface area contributed by atoms with Gasteiger partial charge in [-0.05, 0) is 32.9 Å². The van der Waals surface area contributed by atoms with E-state index < -0.39 is 0 Å². The Labute approximate surface area is 114 Å². The zero-order valence-corrected chi connectivity index (χ0v) is 11.9. The number of aliphatic hydroxyl groups is 1. The fraction of sp³-hybridized carbons (Fsp3) is 0.600. The van der Waals surface area contributed by atoms with E-state index in [4.69, 9.17) is 14.6 Å². The van der Waals surface area contributed by atoms with Crippen LogP contribution < -0.4 is 14.8 Å². The molecule has 0 saturated heterocycles. The number of nitrogens with one attached hydrogen (secondary N) is 1. The first kappa shape index (κ1) is 14.2. The Morgan fingerprint density at radius 1 is 1.53 bits per heavy atom. The summed E-state index contributed by atoms with van der Waals surface area (Å²) in [4.78, 5) is 0. The van der Waals surface area contributed by atoms with Crippen LogP contribution in [0.15, 0.2) is 12.1 Å². The van der Waals surface area contributed by atoms with Crippen molar-refractivity contribution in [1.82, 2.24) is 5.32 Å². The van der Waals surface area contributed by atoms with Crippen molar-refractivity contribution < 1.29 is 14.6 Å². The van der Waals surface area contributed by atoms with Gasteiger partial charge in [0.05, 0.1) is 13.2 Å². The monoisotopic (exact) mass is 265 g/mol.